The SMILES string of the molecule is CC(C)C(N)CCN(C)c1ncc([N+](=O)[O-])cc1C(N)=O. The molecular formula is C13H21N5O3. The summed E-state index contributed by atoms with van der Waals surface area (Å²) in [4.78, 5) is 27.3. The Kier molecular flexibility index (Phi) is 5.60. The lowest BCUT2D eigenvalue weighted by Gasteiger charge is -2.23. The van der Waals surface area contributed by atoms with E-state index in [0.29, 0.717) is 24.7 Å². The molecule has 116 valence electrons. The molecule has 1 aromatic rings. The van der Waals surface area contributed by atoms with Crippen molar-refractivity contribution in [1.82, 2.24) is 4.98 Å². The van der Waals surface area contributed by atoms with E-state index in [-0.39, 0.29) is 17.3 Å². The predicted octanol–water partition coefficient (Wildman–Crippen LogP) is 0.898. The Bertz CT molecular complexity index is 533. The third-order valence-corrected chi connectivity index (χ3v) is 3.34. The van der Waals surface area contributed by atoms with E-state index in [4.69, 9.17) is 11.5 Å². The van der Waals surface area contributed by atoms with Gasteiger partial charge in [-0.1, -0.05) is 13.8 Å². The molecule has 8 heteroatoms. The van der Waals surface area contributed by atoms with Gasteiger partial charge in [0, 0.05) is 25.7 Å². The number of carbonyl (C=O) groups is 1. The first-order valence-electron chi connectivity index (χ1n) is 6.65. The predicted molar refractivity (Wildman–Crippen MR) is 80.1 cm³/mol. The number of anilines is 1. The lowest BCUT2D eigenvalue weighted by Crippen LogP contribution is -2.33. The van der Waals surface area contributed by atoms with E-state index in [2.05, 4.69) is 4.98 Å². The molecular weight excluding hydrogens is 274 g/mol. The number of carbonyl (C=O) groups excluding carboxylic acids is 1. The first-order chi connectivity index (χ1) is 9.73. The third kappa shape index (κ3) is 4.38. The second kappa shape index (κ2) is 6.98. The standard InChI is InChI=1S/C13H21N5O3/c1-8(2)11(14)4-5-17(3)13-10(12(15)19)6-9(7-16-13)18(20)21/h6-8,11H,4-5,14H2,1-3H3,(H2,15,19). The van der Waals surface area contributed by atoms with Crippen LogP contribution in [0.5, 0.6) is 0 Å². The summed E-state index contributed by atoms with van der Waals surface area (Å²) in [6.45, 7) is 4.64. The number of primary amides is 1. The summed E-state index contributed by atoms with van der Waals surface area (Å²) in [6.07, 6.45) is 1.83. The summed E-state index contributed by atoms with van der Waals surface area (Å²) in [7, 11) is 1.74. The van der Waals surface area contributed by atoms with Crippen molar-refractivity contribution in [1.29, 1.82) is 0 Å². The fourth-order valence-corrected chi connectivity index (χ4v) is 1.81. The van der Waals surface area contributed by atoms with Gasteiger partial charge in [0.1, 0.15) is 12.0 Å². The van der Waals surface area contributed by atoms with E-state index in [0.717, 1.165) is 12.3 Å². The lowest BCUT2D eigenvalue weighted by atomic mass is 10.0. The van der Waals surface area contributed by atoms with Crippen molar-refractivity contribution < 1.29 is 9.72 Å². The Morgan fingerprint density at radius 3 is 2.62 bits per heavy atom. The number of pyridine rings is 1. The van der Waals surface area contributed by atoms with Crippen LogP contribution in [0.1, 0.15) is 30.6 Å². The molecule has 0 aliphatic carbocycles. The number of aromatic nitrogens is 1. The minimum atomic E-state index is -0.749. The molecule has 21 heavy (non-hydrogen) atoms. The van der Waals surface area contributed by atoms with Crippen LogP contribution in [0.3, 0.4) is 0 Å². The number of hydrogen-bond acceptors (Lipinski definition) is 6. The van der Waals surface area contributed by atoms with Gasteiger partial charge in [0.25, 0.3) is 11.6 Å². The molecule has 0 aliphatic rings. The van der Waals surface area contributed by atoms with Crippen LogP contribution in [0.2, 0.25) is 0 Å². The highest BCUT2D eigenvalue weighted by atomic mass is 16.6. The largest absolute Gasteiger partial charge is 0.365 e. The van der Waals surface area contributed by atoms with Gasteiger partial charge in [0.2, 0.25) is 0 Å². The Balaban J connectivity index is 2.95. The molecule has 0 bridgehead atoms. The summed E-state index contributed by atoms with van der Waals surface area (Å²) in [5.74, 6) is -0.0795. The Labute approximate surface area is 123 Å². The number of nitrogens with zero attached hydrogens (tertiary/aromatic N) is 3. The van der Waals surface area contributed by atoms with Gasteiger partial charge in [-0.3, -0.25) is 14.9 Å². The van der Waals surface area contributed by atoms with Gasteiger partial charge in [0.05, 0.1) is 10.5 Å². The maximum atomic E-state index is 11.5. The van der Waals surface area contributed by atoms with Gasteiger partial charge in [0.15, 0.2) is 0 Å². The molecule has 4 N–H and O–H groups in total. The third-order valence-electron chi connectivity index (χ3n) is 3.34. The average molecular weight is 295 g/mol. The number of amides is 1. The fourth-order valence-electron chi connectivity index (χ4n) is 1.81. The molecule has 1 heterocycles. The maximum Gasteiger partial charge on any atom is 0.288 e. The summed E-state index contributed by atoms with van der Waals surface area (Å²) < 4.78 is 0. The molecule has 0 aliphatic heterocycles. The number of nitro groups is 1. The summed E-state index contributed by atoms with van der Waals surface area (Å²) in [6, 6.07) is 1.17. The minimum absolute atomic E-state index is 0.0301. The lowest BCUT2D eigenvalue weighted by molar-refractivity contribution is -0.385. The van der Waals surface area contributed by atoms with Crippen molar-refractivity contribution in [3.63, 3.8) is 0 Å². The molecule has 1 unspecified atom stereocenters. The molecule has 0 spiro atoms. The molecule has 0 saturated heterocycles. The van der Waals surface area contributed by atoms with Crippen LogP contribution >= 0.6 is 0 Å². The van der Waals surface area contributed by atoms with E-state index in [1.54, 1.807) is 11.9 Å². The quantitative estimate of drug-likeness (QED) is 0.568. The van der Waals surface area contributed by atoms with Crippen LogP contribution < -0.4 is 16.4 Å². The van der Waals surface area contributed by atoms with Gasteiger partial charge < -0.3 is 16.4 Å². The summed E-state index contributed by atoms with van der Waals surface area (Å²) in [5.41, 5.74) is 11.0. The van der Waals surface area contributed by atoms with E-state index in [1.165, 1.54) is 0 Å². The van der Waals surface area contributed by atoms with Gasteiger partial charge >= 0.3 is 0 Å². The zero-order chi connectivity index (χ0) is 16.2. The monoisotopic (exact) mass is 295 g/mol. The number of nitrogens with two attached hydrogens (primary N) is 2. The highest BCUT2D eigenvalue weighted by molar-refractivity contribution is 5.98. The number of rotatable bonds is 7. The normalized spacial score (nSPS) is 12.2. The van der Waals surface area contributed by atoms with E-state index in [9.17, 15) is 14.9 Å². The molecule has 1 atom stereocenters. The first kappa shape index (κ1) is 16.8. The van der Waals surface area contributed by atoms with Crippen molar-refractivity contribution in [3.05, 3.63) is 27.9 Å². The highest BCUT2D eigenvalue weighted by Crippen LogP contribution is 2.21. The van der Waals surface area contributed by atoms with Gasteiger partial charge in [-0.25, -0.2) is 4.98 Å². The van der Waals surface area contributed by atoms with Crippen LogP contribution in [-0.2, 0) is 0 Å². The van der Waals surface area contributed by atoms with Gasteiger partial charge in [-0.2, -0.15) is 0 Å². The highest BCUT2D eigenvalue weighted by Gasteiger charge is 2.19. The van der Waals surface area contributed by atoms with Crippen molar-refractivity contribution in [2.75, 3.05) is 18.5 Å². The zero-order valence-corrected chi connectivity index (χ0v) is 12.4. The van der Waals surface area contributed by atoms with Crippen LogP contribution in [0, 0.1) is 16.0 Å². The zero-order valence-electron chi connectivity index (χ0n) is 12.4. The fraction of sp³-hybridized carbons (Fsp3) is 0.538. The molecule has 0 aromatic carbocycles. The first-order valence-corrected chi connectivity index (χ1v) is 6.65. The number of hydrogen-bond donors (Lipinski definition) is 2. The van der Waals surface area contributed by atoms with Crippen LogP contribution in [0.4, 0.5) is 11.5 Å². The van der Waals surface area contributed by atoms with Crippen LogP contribution in [-0.4, -0.2) is 35.4 Å². The van der Waals surface area contributed by atoms with Gasteiger partial charge in [-0.15, -0.1) is 0 Å². The Morgan fingerprint density at radius 2 is 2.14 bits per heavy atom. The Morgan fingerprint density at radius 1 is 1.52 bits per heavy atom. The molecule has 0 saturated carbocycles. The van der Waals surface area contributed by atoms with Crippen molar-refractivity contribution in [3.8, 4) is 0 Å². The van der Waals surface area contributed by atoms with Crippen LogP contribution in [0.25, 0.3) is 0 Å². The summed E-state index contributed by atoms with van der Waals surface area (Å²) >= 11 is 0. The van der Waals surface area contributed by atoms with Crippen molar-refractivity contribution in [2.45, 2.75) is 26.3 Å². The minimum Gasteiger partial charge on any atom is -0.365 e. The summed E-state index contributed by atoms with van der Waals surface area (Å²) in [5, 5.41) is 10.7. The van der Waals surface area contributed by atoms with E-state index in [1.807, 2.05) is 13.8 Å². The molecule has 1 aromatic heterocycles. The maximum absolute atomic E-state index is 11.5. The molecule has 8 nitrogen and oxygen atoms in total. The second-order valence-corrected chi connectivity index (χ2v) is 5.30. The van der Waals surface area contributed by atoms with Gasteiger partial charge in [-0.05, 0) is 12.3 Å². The Hall–Kier alpha value is -2.22. The molecule has 0 fully saturated rings. The van der Waals surface area contributed by atoms with Crippen molar-refractivity contribution >= 4 is 17.4 Å². The smallest absolute Gasteiger partial charge is 0.288 e. The van der Waals surface area contributed by atoms with E-state index < -0.39 is 10.8 Å². The average Bonchev–Trinajstić information content (AvgIpc) is 2.43. The molecule has 1 rings (SSSR count). The van der Waals surface area contributed by atoms with Crippen molar-refractivity contribution in [2.24, 2.45) is 17.4 Å². The molecule has 1 amide bonds. The molecule has 0 radical (unpaired) electrons. The topological polar surface area (TPSA) is 128 Å². The van der Waals surface area contributed by atoms with Crippen LogP contribution in [0.15, 0.2) is 12.3 Å². The second-order valence-electron chi connectivity index (χ2n) is 5.30. The van der Waals surface area contributed by atoms with E-state index >= 15 is 0 Å².